The number of oxazole rings is 1. The van der Waals surface area contributed by atoms with Gasteiger partial charge in [0.1, 0.15) is 10.5 Å². The van der Waals surface area contributed by atoms with Gasteiger partial charge in [0.05, 0.1) is 17.5 Å². The molecule has 3 aromatic heterocycles. The summed E-state index contributed by atoms with van der Waals surface area (Å²) in [6.45, 7) is 0. The molecule has 0 aliphatic carbocycles. The van der Waals surface area contributed by atoms with Crippen molar-refractivity contribution >= 4 is 33.8 Å². The van der Waals surface area contributed by atoms with Crippen molar-refractivity contribution in [2.75, 3.05) is 0 Å². The van der Waals surface area contributed by atoms with Crippen molar-refractivity contribution in [3.05, 3.63) is 72.8 Å². The van der Waals surface area contributed by atoms with Gasteiger partial charge in [0.15, 0.2) is 17.2 Å². The lowest BCUT2D eigenvalue weighted by molar-refractivity contribution is 0.556. The predicted octanol–water partition coefficient (Wildman–Crippen LogP) is 5.32. The van der Waals surface area contributed by atoms with Crippen molar-refractivity contribution in [1.82, 2.24) is 15.0 Å². The molecule has 0 saturated heterocycles. The van der Waals surface area contributed by atoms with Gasteiger partial charge in [-0.25, -0.2) is 15.0 Å². The van der Waals surface area contributed by atoms with Gasteiger partial charge in [-0.1, -0.05) is 42.1 Å². The lowest BCUT2D eigenvalue weighted by Gasteiger charge is -2.06. The van der Waals surface area contributed by atoms with Gasteiger partial charge in [-0.05, 0) is 30.3 Å². The van der Waals surface area contributed by atoms with Gasteiger partial charge in [-0.2, -0.15) is 0 Å². The number of thioether (sulfide) groups is 1. The van der Waals surface area contributed by atoms with Crippen LogP contribution in [0.1, 0.15) is 5.89 Å². The van der Waals surface area contributed by atoms with Gasteiger partial charge < -0.3 is 8.83 Å². The summed E-state index contributed by atoms with van der Waals surface area (Å²) in [5.41, 5.74) is 2.55. The number of fused-ring (bicyclic) bond motifs is 2. The molecule has 0 amide bonds. The van der Waals surface area contributed by atoms with Gasteiger partial charge in [0.25, 0.3) is 0 Å². The fourth-order valence-electron chi connectivity index (χ4n) is 2.79. The van der Waals surface area contributed by atoms with Gasteiger partial charge in [-0.15, -0.1) is 0 Å². The first-order valence-electron chi connectivity index (χ1n) is 8.15. The Labute approximate surface area is 153 Å². The number of benzene rings is 2. The molecule has 5 aromatic rings. The van der Waals surface area contributed by atoms with Gasteiger partial charge in [0.2, 0.25) is 5.89 Å². The van der Waals surface area contributed by atoms with E-state index in [1.54, 1.807) is 18.0 Å². The second kappa shape index (κ2) is 6.31. The molecule has 0 saturated carbocycles. The molecule has 0 unspecified atom stereocenters. The maximum Gasteiger partial charge on any atom is 0.205 e. The lowest BCUT2D eigenvalue weighted by Crippen LogP contribution is -1.93. The summed E-state index contributed by atoms with van der Waals surface area (Å²) in [7, 11) is 0. The molecule has 0 aliphatic rings. The Morgan fingerprint density at radius 2 is 1.65 bits per heavy atom. The molecular weight excluding hydrogens is 346 g/mol. The third-order valence-electron chi connectivity index (χ3n) is 3.98. The number of aromatic nitrogens is 3. The van der Waals surface area contributed by atoms with E-state index in [2.05, 4.69) is 9.97 Å². The average molecular weight is 359 g/mol. The Bertz CT molecular complexity index is 1170. The summed E-state index contributed by atoms with van der Waals surface area (Å²) in [6.07, 6.45) is 1.62. The third kappa shape index (κ3) is 2.74. The Morgan fingerprint density at radius 3 is 2.50 bits per heavy atom. The number of nitrogens with zero attached hydrogens (tertiary/aromatic N) is 3. The van der Waals surface area contributed by atoms with Crippen LogP contribution in [0.2, 0.25) is 0 Å². The number of hydrogen-bond acceptors (Lipinski definition) is 6. The van der Waals surface area contributed by atoms with E-state index in [1.807, 2.05) is 60.7 Å². The average Bonchev–Trinajstić information content (AvgIpc) is 3.35. The van der Waals surface area contributed by atoms with Crippen molar-refractivity contribution in [1.29, 1.82) is 0 Å². The smallest absolute Gasteiger partial charge is 0.205 e. The molecule has 0 fully saturated rings. The fourth-order valence-corrected chi connectivity index (χ4v) is 3.65. The van der Waals surface area contributed by atoms with E-state index in [9.17, 15) is 0 Å². The number of para-hydroxylation sites is 3. The van der Waals surface area contributed by atoms with Crippen LogP contribution in [0.5, 0.6) is 0 Å². The molecule has 26 heavy (non-hydrogen) atoms. The number of furan rings is 1. The fraction of sp³-hybridized carbons (Fsp3) is 0.0500. The van der Waals surface area contributed by atoms with E-state index in [-0.39, 0.29) is 0 Å². The molecule has 6 heteroatoms. The molecule has 0 atom stereocenters. The first kappa shape index (κ1) is 15.2. The first-order valence-corrected chi connectivity index (χ1v) is 9.13. The summed E-state index contributed by atoms with van der Waals surface area (Å²) in [5, 5.41) is 1.88. The van der Waals surface area contributed by atoms with Crippen LogP contribution in [0.3, 0.4) is 0 Å². The minimum atomic E-state index is 0.578. The molecule has 2 aromatic carbocycles. The highest BCUT2D eigenvalue weighted by Crippen LogP contribution is 2.31. The monoisotopic (exact) mass is 359 g/mol. The molecule has 0 spiro atoms. The highest BCUT2D eigenvalue weighted by atomic mass is 32.2. The van der Waals surface area contributed by atoms with E-state index in [0.717, 1.165) is 27.0 Å². The molecule has 126 valence electrons. The van der Waals surface area contributed by atoms with Crippen LogP contribution in [-0.4, -0.2) is 15.0 Å². The summed E-state index contributed by atoms with van der Waals surface area (Å²) in [6, 6.07) is 19.4. The largest absolute Gasteiger partial charge is 0.461 e. The topological polar surface area (TPSA) is 65.0 Å². The standard InChI is InChI=1S/C20H13N3O2S/c1-2-7-14-13(6-1)20(23-19(22-14)17-10-5-11-24-17)26-12-18-21-15-8-3-4-9-16(15)25-18/h1-11H,12H2. The number of rotatable bonds is 4. The van der Waals surface area contributed by atoms with Crippen LogP contribution in [0.4, 0.5) is 0 Å². The van der Waals surface area contributed by atoms with Crippen LogP contribution in [0.15, 0.2) is 80.8 Å². The van der Waals surface area contributed by atoms with Crippen molar-refractivity contribution in [2.45, 2.75) is 10.8 Å². The SMILES string of the molecule is c1coc(-c2nc(SCc3nc4ccccc4o3)c3ccccc3n2)c1. The normalized spacial score (nSPS) is 11.4. The maximum absolute atomic E-state index is 5.81. The van der Waals surface area contributed by atoms with Crippen LogP contribution in [0.25, 0.3) is 33.6 Å². The number of hydrogen-bond donors (Lipinski definition) is 0. The molecule has 0 radical (unpaired) electrons. The zero-order valence-electron chi connectivity index (χ0n) is 13.6. The van der Waals surface area contributed by atoms with E-state index in [1.165, 1.54) is 0 Å². The zero-order valence-corrected chi connectivity index (χ0v) is 14.4. The van der Waals surface area contributed by atoms with E-state index in [4.69, 9.17) is 13.8 Å². The third-order valence-corrected chi connectivity index (χ3v) is 4.96. The molecule has 0 bridgehead atoms. The minimum absolute atomic E-state index is 0.578. The Kier molecular flexibility index (Phi) is 3.68. The molecule has 5 nitrogen and oxygen atoms in total. The molecule has 0 aliphatic heterocycles. The zero-order chi connectivity index (χ0) is 17.3. The van der Waals surface area contributed by atoms with E-state index in [0.29, 0.717) is 23.2 Å². The van der Waals surface area contributed by atoms with E-state index >= 15 is 0 Å². The summed E-state index contributed by atoms with van der Waals surface area (Å²) in [5.74, 6) is 2.50. The summed E-state index contributed by atoms with van der Waals surface area (Å²) >= 11 is 1.58. The van der Waals surface area contributed by atoms with E-state index < -0.39 is 0 Å². The van der Waals surface area contributed by atoms with Crippen molar-refractivity contribution < 1.29 is 8.83 Å². The molecular formula is C20H13N3O2S. The summed E-state index contributed by atoms with van der Waals surface area (Å²) in [4.78, 5) is 13.8. The predicted molar refractivity (Wildman–Crippen MR) is 101 cm³/mol. The van der Waals surface area contributed by atoms with Crippen LogP contribution in [-0.2, 0) is 5.75 Å². The lowest BCUT2D eigenvalue weighted by atomic mass is 10.2. The maximum atomic E-state index is 5.81. The van der Waals surface area contributed by atoms with Gasteiger partial charge in [0, 0.05) is 5.39 Å². The Balaban J connectivity index is 1.52. The minimum Gasteiger partial charge on any atom is -0.461 e. The highest BCUT2D eigenvalue weighted by molar-refractivity contribution is 7.98. The second-order valence-electron chi connectivity index (χ2n) is 5.71. The van der Waals surface area contributed by atoms with Crippen LogP contribution >= 0.6 is 11.8 Å². The van der Waals surface area contributed by atoms with Gasteiger partial charge >= 0.3 is 0 Å². The van der Waals surface area contributed by atoms with Crippen LogP contribution in [0, 0.1) is 0 Å². The quantitative estimate of drug-likeness (QED) is 0.319. The highest BCUT2D eigenvalue weighted by Gasteiger charge is 2.13. The Hall–Kier alpha value is -3.12. The molecule has 3 heterocycles. The first-order chi connectivity index (χ1) is 12.9. The molecule has 5 rings (SSSR count). The molecule has 0 N–H and O–H groups in total. The van der Waals surface area contributed by atoms with Crippen LogP contribution < -0.4 is 0 Å². The summed E-state index contributed by atoms with van der Waals surface area (Å²) < 4.78 is 11.3. The van der Waals surface area contributed by atoms with Gasteiger partial charge in [-0.3, -0.25) is 0 Å². The van der Waals surface area contributed by atoms with Crippen molar-refractivity contribution in [3.8, 4) is 11.6 Å². The van der Waals surface area contributed by atoms with Crippen molar-refractivity contribution in [3.63, 3.8) is 0 Å². The van der Waals surface area contributed by atoms with Crippen molar-refractivity contribution in [2.24, 2.45) is 0 Å². The Morgan fingerprint density at radius 1 is 0.808 bits per heavy atom. The second-order valence-corrected chi connectivity index (χ2v) is 6.67.